The molecule has 164 valence electrons. The van der Waals surface area contributed by atoms with Crippen LogP contribution in [0.4, 0.5) is 17.6 Å². The van der Waals surface area contributed by atoms with Gasteiger partial charge in [-0.1, -0.05) is 6.58 Å². The van der Waals surface area contributed by atoms with Crippen molar-refractivity contribution in [2.24, 2.45) is 10.7 Å². The van der Waals surface area contributed by atoms with Crippen LogP contribution in [-0.4, -0.2) is 58.5 Å². The molecule has 0 bridgehead atoms. The molecule has 1 aliphatic rings. The Balaban J connectivity index is 2.23. The third kappa shape index (κ3) is 5.43. The highest BCUT2D eigenvalue weighted by molar-refractivity contribution is 6.06. The highest BCUT2D eigenvalue weighted by Crippen LogP contribution is 2.30. The fourth-order valence-electron chi connectivity index (χ4n) is 3.72. The van der Waals surface area contributed by atoms with Crippen molar-refractivity contribution in [3.05, 3.63) is 30.1 Å². The summed E-state index contributed by atoms with van der Waals surface area (Å²) in [5.41, 5.74) is 18.5. The van der Waals surface area contributed by atoms with Gasteiger partial charge in [-0.15, -0.1) is 0 Å². The normalized spacial score (nSPS) is 21.4. The van der Waals surface area contributed by atoms with Crippen LogP contribution in [0, 0.1) is 16.7 Å². The van der Waals surface area contributed by atoms with Crippen molar-refractivity contribution in [3.8, 4) is 6.07 Å². The van der Waals surface area contributed by atoms with Crippen LogP contribution in [0.2, 0.25) is 0 Å². The first kappa shape index (κ1) is 23.5. The summed E-state index contributed by atoms with van der Waals surface area (Å²) in [4.78, 5) is 24.7. The number of aliphatic imine (C=N–C) groups is 1. The highest BCUT2D eigenvalue weighted by atomic mass is 16.2. The Bertz CT molecular complexity index is 938. The van der Waals surface area contributed by atoms with Gasteiger partial charge in [-0.05, 0) is 12.8 Å². The van der Waals surface area contributed by atoms with E-state index in [-0.39, 0.29) is 51.8 Å². The van der Waals surface area contributed by atoms with E-state index in [1.807, 2.05) is 13.1 Å². The Labute approximate surface area is 181 Å². The van der Waals surface area contributed by atoms with Crippen molar-refractivity contribution in [2.45, 2.75) is 31.7 Å². The van der Waals surface area contributed by atoms with E-state index in [0.717, 1.165) is 19.3 Å². The summed E-state index contributed by atoms with van der Waals surface area (Å²) in [6.45, 7) is 4.30. The van der Waals surface area contributed by atoms with Crippen molar-refractivity contribution in [1.29, 1.82) is 10.7 Å². The van der Waals surface area contributed by atoms with E-state index < -0.39 is 0 Å². The molecule has 1 aromatic heterocycles. The number of nitrogens with two attached hydrogens (primary N) is 3. The third-order valence-corrected chi connectivity index (χ3v) is 5.43. The van der Waals surface area contributed by atoms with Gasteiger partial charge in [0.15, 0.2) is 0 Å². The molecule has 0 aliphatic carbocycles. The number of hydrogen-bond acceptors (Lipinski definition) is 10. The van der Waals surface area contributed by atoms with Gasteiger partial charge in [0.05, 0.1) is 36.6 Å². The maximum atomic E-state index is 12.5. The van der Waals surface area contributed by atoms with E-state index in [9.17, 15) is 4.79 Å². The van der Waals surface area contributed by atoms with Crippen molar-refractivity contribution in [1.82, 2.24) is 9.97 Å². The first-order valence-electron chi connectivity index (χ1n) is 9.85. The lowest BCUT2D eigenvalue weighted by molar-refractivity contribution is -0.863. The minimum atomic E-state index is -0.0773. The predicted molar refractivity (Wildman–Crippen MR) is 121 cm³/mol. The minimum absolute atomic E-state index is 0.0206. The maximum absolute atomic E-state index is 12.5. The molecule has 1 fully saturated rings. The van der Waals surface area contributed by atoms with Crippen LogP contribution >= 0.6 is 0 Å². The molecule has 1 saturated heterocycles. The van der Waals surface area contributed by atoms with Crippen LogP contribution in [0.3, 0.4) is 0 Å². The zero-order valence-corrected chi connectivity index (χ0v) is 17.6. The Kier molecular flexibility index (Phi) is 7.81. The number of nitrogen functional groups attached to an aromatic ring is 2. The summed E-state index contributed by atoms with van der Waals surface area (Å²) >= 11 is 0. The molecule has 1 amide bonds. The van der Waals surface area contributed by atoms with E-state index in [1.54, 1.807) is 0 Å². The molecule has 0 radical (unpaired) electrons. The largest absolute Gasteiger partial charge is 0.403 e. The van der Waals surface area contributed by atoms with E-state index >= 15 is 0 Å². The summed E-state index contributed by atoms with van der Waals surface area (Å²) in [7, 11) is 1.88. The second-order valence-electron chi connectivity index (χ2n) is 7.43. The van der Waals surface area contributed by atoms with Crippen LogP contribution in [0.1, 0.15) is 31.2 Å². The number of carbonyl (C=O) groups is 1. The van der Waals surface area contributed by atoms with Crippen LogP contribution in [0.15, 0.2) is 29.5 Å². The molecule has 11 heteroatoms. The smallest absolute Gasteiger partial charge is 0.338 e. The van der Waals surface area contributed by atoms with Crippen molar-refractivity contribution in [2.75, 3.05) is 36.9 Å². The predicted octanol–water partition coefficient (Wildman–Crippen LogP) is 0.917. The van der Waals surface area contributed by atoms with Crippen LogP contribution < -0.4 is 22.5 Å². The van der Waals surface area contributed by atoms with E-state index in [1.165, 1.54) is 18.5 Å². The van der Waals surface area contributed by atoms with Crippen molar-refractivity contribution >= 4 is 35.4 Å². The second kappa shape index (κ2) is 10.3. The van der Waals surface area contributed by atoms with Gasteiger partial charge in [-0.2, -0.15) is 15.2 Å². The van der Waals surface area contributed by atoms with Gasteiger partial charge < -0.3 is 27.9 Å². The van der Waals surface area contributed by atoms with Crippen LogP contribution in [-0.2, 0) is 4.79 Å². The van der Waals surface area contributed by atoms with Crippen LogP contribution in [0.5, 0.6) is 0 Å². The molecule has 11 nitrogen and oxygen atoms in total. The molecular weight excluding hydrogens is 396 g/mol. The summed E-state index contributed by atoms with van der Waals surface area (Å²) in [6, 6.07) is 1.81. The first-order valence-corrected chi connectivity index (χ1v) is 9.85. The number of hydrogen-bond donors (Lipinski definition) is 5. The molecule has 0 saturated carbocycles. The Hall–Kier alpha value is -3.78. The number of likely N-dealkylation sites (tertiary alicyclic amines) is 1. The molecule has 8 N–H and O–H groups in total. The third-order valence-electron chi connectivity index (χ3n) is 5.43. The number of anilines is 3. The number of carbonyl (C=O) groups excluding carboxylic acids is 1. The Morgan fingerprint density at radius 1 is 1.42 bits per heavy atom. The number of aromatic nitrogens is 2. The number of allylic oxidation sites excluding steroid dienone is 1. The average molecular weight is 426 g/mol. The van der Waals surface area contributed by atoms with Gasteiger partial charge in [0.1, 0.15) is 24.2 Å². The summed E-state index contributed by atoms with van der Waals surface area (Å²) in [6.07, 6.45) is 7.01. The van der Waals surface area contributed by atoms with Gasteiger partial charge in [-0.3, -0.25) is 9.48 Å². The molecule has 2 heterocycles. The number of likely N-dealkylation sites (N-methyl/N-ethyl adjacent to an activating group) is 1. The average Bonchev–Trinajstić information content (AvgIpc) is 2.73. The highest BCUT2D eigenvalue weighted by Gasteiger charge is 2.41. The molecule has 1 aliphatic heterocycles. The maximum Gasteiger partial charge on any atom is 0.338 e. The van der Waals surface area contributed by atoms with Gasteiger partial charge in [0.2, 0.25) is 5.95 Å². The van der Waals surface area contributed by atoms with E-state index in [4.69, 9.17) is 27.9 Å². The van der Waals surface area contributed by atoms with Crippen LogP contribution in [0.25, 0.3) is 0 Å². The molecule has 2 atom stereocenters. The fraction of sp³-hybridized carbons (Fsp3) is 0.400. The molecule has 1 aromatic rings. The lowest BCUT2D eigenvalue weighted by atomic mass is 9.92. The van der Waals surface area contributed by atoms with Gasteiger partial charge >= 0.3 is 5.91 Å². The molecule has 0 aromatic carbocycles. The number of amides is 1. The number of piperidine rings is 1. The Morgan fingerprint density at radius 3 is 2.68 bits per heavy atom. The fourth-order valence-corrected chi connectivity index (χ4v) is 3.72. The molecule has 2 rings (SSSR count). The SMILES string of the molecule is C=CC(=O)[N+]1(C)CCCCC1CC(=N)c1c(N)nc(NC(C=NCC#N)=CN)nc1N. The first-order chi connectivity index (χ1) is 14.8. The number of nitrogens with zero attached hydrogens (tertiary/aromatic N) is 5. The minimum Gasteiger partial charge on any atom is -0.403 e. The summed E-state index contributed by atoms with van der Waals surface area (Å²) < 4.78 is 0.207. The van der Waals surface area contributed by atoms with Crippen molar-refractivity contribution in [3.63, 3.8) is 0 Å². The zero-order valence-electron chi connectivity index (χ0n) is 17.6. The molecule has 2 unspecified atom stereocenters. The second-order valence-corrected chi connectivity index (χ2v) is 7.43. The van der Waals surface area contributed by atoms with Gasteiger partial charge in [-0.25, -0.2) is 4.79 Å². The van der Waals surface area contributed by atoms with Gasteiger partial charge in [0, 0.05) is 31.3 Å². The molecule has 31 heavy (non-hydrogen) atoms. The topological polar surface area (TPSA) is 193 Å². The number of nitrogens with one attached hydrogen (secondary N) is 2. The van der Waals surface area contributed by atoms with E-state index in [2.05, 4.69) is 26.9 Å². The quantitative estimate of drug-likeness (QED) is 0.175. The molecular formula is C20H29N10O+. The monoisotopic (exact) mass is 425 g/mol. The number of nitriles is 1. The summed E-state index contributed by atoms with van der Waals surface area (Å²) in [5, 5.41) is 20.0. The van der Waals surface area contributed by atoms with Crippen molar-refractivity contribution < 1.29 is 9.28 Å². The number of quaternary nitrogens is 1. The molecule has 0 spiro atoms. The zero-order chi connectivity index (χ0) is 23.0. The lowest BCUT2D eigenvalue weighted by Crippen LogP contribution is -2.58. The Morgan fingerprint density at radius 2 is 2.10 bits per heavy atom. The number of rotatable bonds is 8. The van der Waals surface area contributed by atoms with E-state index in [0.29, 0.717) is 18.7 Å². The summed E-state index contributed by atoms with van der Waals surface area (Å²) in [5.74, 6) is 0.121. The lowest BCUT2D eigenvalue weighted by Gasteiger charge is -2.41. The standard InChI is InChI=1S/C20H29N10O/c1-3-16(31)30(2)9-5-4-6-14(30)10-15(23)17-18(24)28-20(29-19(17)25)27-13(11-22)12-26-8-7-21/h3,11-12,14,23H,1,4-6,8-10,22H2,2H3,(H5,24,25,27,28,29)/q+1. The van der Waals surface area contributed by atoms with Gasteiger partial charge in [0.25, 0.3) is 0 Å².